The van der Waals surface area contributed by atoms with Gasteiger partial charge in [-0.25, -0.2) is 9.97 Å². The predicted molar refractivity (Wildman–Crippen MR) is 89.6 cm³/mol. The Labute approximate surface area is 142 Å². The van der Waals surface area contributed by atoms with Gasteiger partial charge in [-0.15, -0.1) is 0 Å². The van der Waals surface area contributed by atoms with Crippen LogP contribution in [-0.4, -0.2) is 70.3 Å². The molecule has 7 heteroatoms. The average Bonchev–Trinajstić information content (AvgIpc) is 2.71. The molecule has 0 saturated carbocycles. The number of hydrogen-bond donors (Lipinski definition) is 1. The second-order valence-corrected chi connectivity index (χ2v) is 6.91. The molecule has 3 rings (SSSR count). The van der Waals surface area contributed by atoms with Crippen LogP contribution in [0.2, 0.25) is 0 Å². The molecule has 2 aliphatic rings. The lowest BCUT2D eigenvalue weighted by Gasteiger charge is -2.49. The lowest BCUT2D eigenvalue weighted by Crippen LogP contribution is -2.62. The molecular formula is C17H25N5O2. The quantitative estimate of drug-likeness (QED) is 0.812. The highest BCUT2D eigenvalue weighted by Crippen LogP contribution is 2.30. The Kier molecular flexibility index (Phi) is 4.54. The fraction of sp³-hybridized carbons (Fsp3) is 0.647. The molecule has 0 radical (unpaired) electrons. The maximum atomic E-state index is 12.9. The summed E-state index contributed by atoms with van der Waals surface area (Å²) in [5.74, 6) is 0.678. The fourth-order valence-electron chi connectivity index (χ4n) is 3.76. The molecule has 2 aliphatic heterocycles. The highest BCUT2D eigenvalue weighted by molar-refractivity contribution is 5.92. The minimum Gasteiger partial charge on any atom is -0.356 e. The van der Waals surface area contributed by atoms with Gasteiger partial charge >= 0.3 is 0 Å². The molecule has 0 aliphatic carbocycles. The van der Waals surface area contributed by atoms with E-state index >= 15 is 0 Å². The summed E-state index contributed by atoms with van der Waals surface area (Å²) in [6.07, 6.45) is 2.15. The van der Waals surface area contributed by atoms with Crippen molar-refractivity contribution < 1.29 is 9.59 Å². The fourth-order valence-corrected chi connectivity index (χ4v) is 3.76. The summed E-state index contributed by atoms with van der Waals surface area (Å²) in [5, 5.41) is 2.94. The van der Waals surface area contributed by atoms with Gasteiger partial charge in [0.2, 0.25) is 5.91 Å². The van der Waals surface area contributed by atoms with Crippen LogP contribution in [0.15, 0.2) is 6.07 Å². The van der Waals surface area contributed by atoms with Crippen LogP contribution in [0.5, 0.6) is 0 Å². The first-order valence-electron chi connectivity index (χ1n) is 8.49. The van der Waals surface area contributed by atoms with Crippen molar-refractivity contribution in [2.75, 3.05) is 33.2 Å². The van der Waals surface area contributed by atoms with Gasteiger partial charge in [0.15, 0.2) is 0 Å². The van der Waals surface area contributed by atoms with E-state index in [9.17, 15) is 9.59 Å². The van der Waals surface area contributed by atoms with Crippen LogP contribution in [0, 0.1) is 13.8 Å². The number of aryl methyl sites for hydroxylation is 2. The average molecular weight is 331 g/mol. The van der Waals surface area contributed by atoms with Gasteiger partial charge in [0.25, 0.3) is 5.91 Å². The minimum atomic E-state index is -0.135. The Balaban J connectivity index is 1.82. The molecule has 1 aromatic heterocycles. The Hall–Kier alpha value is -2.02. The number of amides is 2. The largest absolute Gasteiger partial charge is 0.356 e. The standard InChI is InChI=1S/C17H25N5O2/c1-12-10-14(20-13(2)19-12)16(24)22-9-8-21(3)17(11-22)5-4-15(23)18-7-6-17/h10H,4-9,11H2,1-3H3,(H,18,23)/t17-/m1/s1. The van der Waals surface area contributed by atoms with Gasteiger partial charge in [0, 0.05) is 43.8 Å². The second kappa shape index (κ2) is 6.47. The van der Waals surface area contributed by atoms with Crippen molar-refractivity contribution in [3.05, 3.63) is 23.3 Å². The highest BCUT2D eigenvalue weighted by atomic mass is 16.2. The van der Waals surface area contributed by atoms with E-state index in [0.29, 0.717) is 37.6 Å². The number of carbonyl (C=O) groups is 2. The van der Waals surface area contributed by atoms with Gasteiger partial charge in [0.05, 0.1) is 0 Å². The van der Waals surface area contributed by atoms with Crippen molar-refractivity contribution >= 4 is 11.8 Å². The number of likely N-dealkylation sites (N-methyl/N-ethyl adjacent to an activating group) is 1. The van der Waals surface area contributed by atoms with E-state index in [2.05, 4.69) is 27.2 Å². The van der Waals surface area contributed by atoms with Gasteiger partial charge in [0.1, 0.15) is 11.5 Å². The van der Waals surface area contributed by atoms with Crippen LogP contribution in [0.25, 0.3) is 0 Å². The van der Waals surface area contributed by atoms with E-state index in [1.165, 1.54) is 0 Å². The summed E-state index contributed by atoms with van der Waals surface area (Å²) >= 11 is 0. The number of nitrogens with zero attached hydrogens (tertiary/aromatic N) is 4. The zero-order chi connectivity index (χ0) is 17.3. The van der Waals surface area contributed by atoms with Crippen LogP contribution < -0.4 is 5.32 Å². The zero-order valence-electron chi connectivity index (χ0n) is 14.6. The van der Waals surface area contributed by atoms with Crippen molar-refractivity contribution in [3.8, 4) is 0 Å². The molecule has 2 saturated heterocycles. The molecule has 1 atom stereocenters. The number of piperazine rings is 1. The first-order valence-corrected chi connectivity index (χ1v) is 8.49. The summed E-state index contributed by atoms with van der Waals surface area (Å²) in [7, 11) is 2.09. The Morgan fingerprint density at radius 3 is 2.79 bits per heavy atom. The Bertz CT molecular complexity index is 642. The molecule has 0 aromatic carbocycles. The molecule has 24 heavy (non-hydrogen) atoms. The van der Waals surface area contributed by atoms with Crippen molar-refractivity contribution in [1.82, 2.24) is 25.1 Å². The van der Waals surface area contributed by atoms with Crippen molar-refractivity contribution in [2.45, 2.75) is 38.6 Å². The van der Waals surface area contributed by atoms with Crippen LogP contribution in [0.4, 0.5) is 0 Å². The van der Waals surface area contributed by atoms with E-state index in [-0.39, 0.29) is 17.4 Å². The molecule has 0 bridgehead atoms. The van der Waals surface area contributed by atoms with Crippen molar-refractivity contribution in [3.63, 3.8) is 0 Å². The number of hydrogen-bond acceptors (Lipinski definition) is 5. The molecular weight excluding hydrogens is 306 g/mol. The number of nitrogens with one attached hydrogen (secondary N) is 1. The van der Waals surface area contributed by atoms with Crippen molar-refractivity contribution in [2.24, 2.45) is 0 Å². The van der Waals surface area contributed by atoms with E-state index in [4.69, 9.17) is 0 Å². The Morgan fingerprint density at radius 2 is 2.04 bits per heavy atom. The van der Waals surface area contributed by atoms with Gasteiger partial charge in [-0.05, 0) is 39.8 Å². The molecule has 7 nitrogen and oxygen atoms in total. The van der Waals surface area contributed by atoms with Crippen LogP contribution >= 0.6 is 0 Å². The summed E-state index contributed by atoms with van der Waals surface area (Å²) in [5.41, 5.74) is 1.13. The Morgan fingerprint density at radius 1 is 1.25 bits per heavy atom. The highest BCUT2D eigenvalue weighted by Gasteiger charge is 2.42. The summed E-state index contributed by atoms with van der Waals surface area (Å²) in [6, 6.07) is 1.75. The number of carbonyl (C=O) groups excluding carboxylic acids is 2. The first-order chi connectivity index (χ1) is 11.4. The topological polar surface area (TPSA) is 78.4 Å². The lowest BCUT2D eigenvalue weighted by atomic mass is 9.86. The lowest BCUT2D eigenvalue weighted by molar-refractivity contribution is -0.121. The normalized spacial score (nSPS) is 25.5. The predicted octanol–water partition coefficient (Wildman–Crippen LogP) is 0.520. The van der Waals surface area contributed by atoms with Crippen LogP contribution in [0.1, 0.15) is 41.3 Å². The third-order valence-electron chi connectivity index (χ3n) is 5.20. The van der Waals surface area contributed by atoms with Crippen LogP contribution in [-0.2, 0) is 4.79 Å². The monoisotopic (exact) mass is 331 g/mol. The molecule has 2 fully saturated rings. The summed E-state index contributed by atoms with van der Waals surface area (Å²) < 4.78 is 0. The van der Waals surface area contributed by atoms with Gasteiger partial charge in [-0.3, -0.25) is 14.5 Å². The second-order valence-electron chi connectivity index (χ2n) is 6.91. The molecule has 1 N–H and O–H groups in total. The SMILES string of the molecule is Cc1cc(C(=O)N2CCN(C)[C@]3(CCNC(=O)CC3)C2)nc(C)n1. The molecule has 1 spiro atoms. The van der Waals surface area contributed by atoms with E-state index in [0.717, 1.165) is 25.1 Å². The zero-order valence-corrected chi connectivity index (χ0v) is 14.6. The maximum Gasteiger partial charge on any atom is 0.272 e. The summed E-state index contributed by atoms with van der Waals surface area (Å²) in [4.78, 5) is 37.4. The molecule has 0 unspecified atom stereocenters. The minimum absolute atomic E-state index is 0.0420. The van der Waals surface area contributed by atoms with Gasteiger partial charge in [-0.2, -0.15) is 0 Å². The third-order valence-corrected chi connectivity index (χ3v) is 5.20. The van der Waals surface area contributed by atoms with E-state index < -0.39 is 0 Å². The smallest absolute Gasteiger partial charge is 0.272 e. The molecule has 1 aromatic rings. The maximum absolute atomic E-state index is 12.9. The van der Waals surface area contributed by atoms with E-state index in [1.807, 2.05) is 11.8 Å². The van der Waals surface area contributed by atoms with Crippen LogP contribution in [0.3, 0.4) is 0 Å². The van der Waals surface area contributed by atoms with Crippen molar-refractivity contribution in [1.29, 1.82) is 0 Å². The van der Waals surface area contributed by atoms with E-state index in [1.54, 1.807) is 13.0 Å². The third kappa shape index (κ3) is 3.26. The summed E-state index contributed by atoms with van der Waals surface area (Å²) in [6.45, 7) is 6.47. The molecule has 2 amide bonds. The number of rotatable bonds is 1. The van der Waals surface area contributed by atoms with Gasteiger partial charge < -0.3 is 10.2 Å². The molecule has 3 heterocycles. The molecule has 130 valence electrons. The number of aromatic nitrogens is 2. The first kappa shape index (κ1) is 16.8. The van der Waals surface area contributed by atoms with Gasteiger partial charge in [-0.1, -0.05) is 0 Å².